The van der Waals surface area contributed by atoms with Gasteiger partial charge < -0.3 is 28.0 Å². The molecule has 0 atom stereocenters. The van der Waals surface area contributed by atoms with Gasteiger partial charge in [0.05, 0.1) is 0 Å². The number of hydrogen-bond acceptors (Lipinski definition) is 6. The molecule has 0 fully saturated rings. The SMILES string of the molecule is CCO[Si](CCCN(CCCN(C)CC)CCCN(C)CC)(OCC)OCC. The highest BCUT2D eigenvalue weighted by molar-refractivity contribution is 6.60. The van der Waals surface area contributed by atoms with Gasteiger partial charge >= 0.3 is 8.80 Å². The van der Waals surface area contributed by atoms with E-state index in [0.29, 0.717) is 19.8 Å². The minimum absolute atomic E-state index is 0.655. The van der Waals surface area contributed by atoms with Crippen molar-refractivity contribution < 1.29 is 13.3 Å². The molecular weight excluding hydrogens is 370 g/mol. The smallest absolute Gasteiger partial charge is 0.374 e. The predicted octanol–water partition coefficient (Wildman–Crippen LogP) is 3.41. The summed E-state index contributed by atoms with van der Waals surface area (Å²) in [5, 5.41) is 0. The van der Waals surface area contributed by atoms with Gasteiger partial charge in [-0.25, -0.2) is 0 Å². The van der Waals surface area contributed by atoms with E-state index in [1.807, 2.05) is 20.8 Å². The zero-order valence-electron chi connectivity index (χ0n) is 20.0. The van der Waals surface area contributed by atoms with Crippen LogP contribution in [0.5, 0.6) is 0 Å². The summed E-state index contributed by atoms with van der Waals surface area (Å²) in [7, 11) is 1.89. The van der Waals surface area contributed by atoms with Crippen molar-refractivity contribution in [1.82, 2.24) is 14.7 Å². The quantitative estimate of drug-likeness (QED) is 0.282. The lowest BCUT2D eigenvalue weighted by molar-refractivity contribution is 0.0698. The molecule has 6 nitrogen and oxygen atoms in total. The van der Waals surface area contributed by atoms with Crippen LogP contribution in [0.2, 0.25) is 6.04 Å². The fraction of sp³-hybridized carbons (Fsp3) is 1.00. The highest BCUT2D eigenvalue weighted by Gasteiger charge is 2.39. The van der Waals surface area contributed by atoms with Crippen molar-refractivity contribution in [2.24, 2.45) is 0 Å². The molecule has 170 valence electrons. The monoisotopic (exact) mass is 419 g/mol. The van der Waals surface area contributed by atoms with Gasteiger partial charge in [0.1, 0.15) is 0 Å². The first-order valence-corrected chi connectivity index (χ1v) is 13.4. The maximum absolute atomic E-state index is 6.01. The standard InChI is InChI=1S/C21H49N3O3Si/c1-8-22(6)16-13-18-24(19-14-17-23(7)9-2)20-15-21-28(25-10-3,26-11-4)27-12-5/h8-21H2,1-7H3. The molecule has 0 aliphatic carbocycles. The molecule has 0 saturated carbocycles. The van der Waals surface area contributed by atoms with Crippen LogP contribution in [-0.4, -0.2) is 103 Å². The van der Waals surface area contributed by atoms with E-state index in [1.165, 1.54) is 12.8 Å². The van der Waals surface area contributed by atoms with Gasteiger partial charge in [-0.3, -0.25) is 0 Å². The predicted molar refractivity (Wildman–Crippen MR) is 122 cm³/mol. The van der Waals surface area contributed by atoms with Gasteiger partial charge in [0.15, 0.2) is 0 Å². The van der Waals surface area contributed by atoms with E-state index in [-0.39, 0.29) is 0 Å². The van der Waals surface area contributed by atoms with Gasteiger partial charge in [-0.1, -0.05) is 13.8 Å². The van der Waals surface area contributed by atoms with Crippen LogP contribution < -0.4 is 0 Å². The maximum atomic E-state index is 6.01. The summed E-state index contributed by atoms with van der Waals surface area (Å²) in [5.74, 6) is 0. The van der Waals surface area contributed by atoms with Crippen LogP contribution in [0.15, 0.2) is 0 Å². The fourth-order valence-corrected chi connectivity index (χ4v) is 5.89. The van der Waals surface area contributed by atoms with Gasteiger partial charge in [-0.05, 0) is 99.9 Å². The summed E-state index contributed by atoms with van der Waals surface area (Å²) < 4.78 is 18.0. The molecule has 28 heavy (non-hydrogen) atoms. The Morgan fingerprint density at radius 3 is 1.32 bits per heavy atom. The van der Waals surface area contributed by atoms with E-state index in [0.717, 1.165) is 58.3 Å². The van der Waals surface area contributed by atoms with Gasteiger partial charge in [0.25, 0.3) is 0 Å². The van der Waals surface area contributed by atoms with Crippen molar-refractivity contribution in [1.29, 1.82) is 0 Å². The highest BCUT2D eigenvalue weighted by Crippen LogP contribution is 2.18. The van der Waals surface area contributed by atoms with Crippen molar-refractivity contribution in [3.05, 3.63) is 0 Å². The van der Waals surface area contributed by atoms with Crippen LogP contribution in [0.4, 0.5) is 0 Å². The molecule has 0 unspecified atom stereocenters. The molecule has 0 spiro atoms. The van der Waals surface area contributed by atoms with E-state index >= 15 is 0 Å². The van der Waals surface area contributed by atoms with Gasteiger partial charge in [0.2, 0.25) is 0 Å². The Morgan fingerprint density at radius 2 is 0.964 bits per heavy atom. The van der Waals surface area contributed by atoms with Crippen molar-refractivity contribution >= 4 is 8.80 Å². The average Bonchev–Trinajstić information content (AvgIpc) is 2.67. The summed E-state index contributed by atoms with van der Waals surface area (Å²) in [6, 6.07) is 0.906. The van der Waals surface area contributed by atoms with Crippen molar-refractivity contribution in [3.8, 4) is 0 Å². The minimum Gasteiger partial charge on any atom is -0.374 e. The van der Waals surface area contributed by atoms with E-state index in [1.54, 1.807) is 0 Å². The third kappa shape index (κ3) is 13.2. The lowest BCUT2D eigenvalue weighted by atomic mass is 10.3. The van der Waals surface area contributed by atoms with Crippen molar-refractivity contribution in [3.63, 3.8) is 0 Å². The average molecular weight is 420 g/mol. The van der Waals surface area contributed by atoms with E-state index in [9.17, 15) is 0 Å². The molecule has 0 aromatic carbocycles. The first-order valence-electron chi connectivity index (χ1n) is 11.5. The molecule has 0 N–H and O–H groups in total. The van der Waals surface area contributed by atoms with E-state index in [4.69, 9.17) is 13.3 Å². The molecule has 0 aromatic rings. The summed E-state index contributed by atoms with van der Waals surface area (Å²) >= 11 is 0. The normalized spacial score (nSPS) is 12.6. The van der Waals surface area contributed by atoms with Gasteiger partial charge in [0, 0.05) is 25.9 Å². The molecule has 0 aromatic heterocycles. The van der Waals surface area contributed by atoms with Crippen LogP contribution >= 0.6 is 0 Å². The lowest BCUT2D eigenvalue weighted by Crippen LogP contribution is -2.46. The zero-order valence-corrected chi connectivity index (χ0v) is 21.0. The topological polar surface area (TPSA) is 37.4 Å². The Balaban J connectivity index is 4.61. The molecule has 0 aliphatic heterocycles. The molecule has 0 saturated heterocycles. The molecule has 0 aliphatic rings. The van der Waals surface area contributed by atoms with E-state index < -0.39 is 8.80 Å². The van der Waals surface area contributed by atoms with Crippen LogP contribution in [0, 0.1) is 0 Å². The van der Waals surface area contributed by atoms with Crippen LogP contribution in [0.3, 0.4) is 0 Å². The van der Waals surface area contributed by atoms with Crippen LogP contribution in [0.25, 0.3) is 0 Å². The minimum atomic E-state index is -2.52. The summed E-state index contributed by atoms with van der Waals surface area (Å²) in [5.41, 5.74) is 0. The maximum Gasteiger partial charge on any atom is 0.500 e. The number of nitrogens with zero attached hydrogens (tertiary/aromatic N) is 3. The molecular formula is C21H49N3O3Si. The Bertz CT molecular complexity index is 318. The zero-order chi connectivity index (χ0) is 21.3. The van der Waals surface area contributed by atoms with E-state index in [2.05, 4.69) is 42.6 Å². The Labute approximate surface area is 176 Å². The number of hydrogen-bond donors (Lipinski definition) is 0. The lowest BCUT2D eigenvalue weighted by Gasteiger charge is -2.30. The summed E-state index contributed by atoms with van der Waals surface area (Å²) in [6.07, 6.45) is 3.51. The first kappa shape index (κ1) is 28.0. The summed E-state index contributed by atoms with van der Waals surface area (Å²) in [6.45, 7) is 20.5. The van der Waals surface area contributed by atoms with Gasteiger partial charge in [-0.2, -0.15) is 0 Å². The number of rotatable bonds is 20. The molecule has 0 heterocycles. The molecule has 0 radical (unpaired) electrons. The Morgan fingerprint density at radius 1 is 0.571 bits per heavy atom. The second-order valence-electron chi connectivity index (χ2n) is 7.43. The second kappa shape index (κ2) is 17.8. The summed E-state index contributed by atoms with van der Waals surface area (Å²) in [4.78, 5) is 7.40. The first-order chi connectivity index (χ1) is 13.5. The largest absolute Gasteiger partial charge is 0.500 e. The molecule has 0 rings (SSSR count). The third-order valence-electron chi connectivity index (χ3n) is 5.16. The van der Waals surface area contributed by atoms with Crippen molar-refractivity contribution in [2.75, 3.05) is 79.7 Å². The Hall–Kier alpha value is -0.0231. The van der Waals surface area contributed by atoms with Crippen LogP contribution in [-0.2, 0) is 13.3 Å². The fourth-order valence-electron chi connectivity index (χ4n) is 3.30. The second-order valence-corrected chi connectivity index (χ2v) is 10.2. The third-order valence-corrected chi connectivity index (χ3v) is 8.31. The Kier molecular flexibility index (Phi) is 17.8. The molecule has 0 bridgehead atoms. The van der Waals surface area contributed by atoms with Crippen LogP contribution in [0.1, 0.15) is 53.9 Å². The van der Waals surface area contributed by atoms with Crippen molar-refractivity contribution in [2.45, 2.75) is 59.9 Å². The molecule has 0 amide bonds. The highest BCUT2D eigenvalue weighted by atomic mass is 28.4. The van der Waals surface area contributed by atoms with Gasteiger partial charge in [-0.15, -0.1) is 0 Å². The molecule has 7 heteroatoms.